The molecule has 1 rings (SSSR count). The molecule has 0 saturated carbocycles. The third kappa shape index (κ3) is 3.69. The van der Waals surface area contributed by atoms with E-state index in [1.807, 2.05) is 6.92 Å². The molecule has 1 aromatic rings. The standard InChI is InChI=1S/C13H17NO5/c1-7-4-5-9(6-10(7)19-3)12(16)14-11(8(2)15)13(17)18/h4-6,8,11,15H,1-3H3,(H,14,16)(H,17,18)/t8-,11+/m1/s1. The minimum atomic E-state index is -1.35. The molecule has 0 aromatic heterocycles. The van der Waals surface area contributed by atoms with Crippen LogP contribution in [0.4, 0.5) is 0 Å². The second-order valence-corrected chi connectivity index (χ2v) is 4.21. The number of nitrogens with one attached hydrogen (secondary N) is 1. The molecule has 0 spiro atoms. The Morgan fingerprint density at radius 2 is 2.00 bits per heavy atom. The van der Waals surface area contributed by atoms with Crippen LogP contribution >= 0.6 is 0 Å². The summed E-state index contributed by atoms with van der Waals surface area (Å²) in [6.45, 7) is 3.13. The van der Waals surface area contributed by atoms with E-state index < -0.39 is 24.0 Å². The number of amides is 1. The molecule has 2 atom stereocenters. The summed E-state index contributed by atoms with van der Waals surface area (Å²) in [5.41, 5.74) is 1.14. The number of aliphatic hydroxyl groups is 1. The Kier molecular flexibility index (Phi) is 4.88. The molecule has 0 heterocycles. The summed E-state index contributed by atoms with van der Waals surface area (Å²) in [6.07, 6.45) is -1.19. The number of benzene rings is 1. The lowest BCUT2D eigenvalue weighted by atomic mass is 10.1. The molecule has 0 aliphatic carbocycles. The van der Waals surface area contributed by atoms with Gasteiger partial charge in [0.25, 0.3) is 5.91 Å². The van der Waals surface area contributed by atoms with E-state index in [1.54, 1.807) is 12.1 Å². The third-order valence-electron chi connectivity index (χ3n) is 2.71. The summed E-state index contributed by atoms with van der Waals surface area (Å²) in [5, 5.41) is 20.4. The molecule has 0 unspecified atom stereocenters. The van der Waals surface area contributed by atoms with Crippen molar-refractivity contribution in [3.63, 3.8) is 0 Å². The molecule has 104 valence electrons. The van der Waals surface area contributed by atoms with Crippen LogP contribution in [-0.2, 0) is 4.79 Å². The van der Waals surface area contributed by atoms with Gasteiger partial charge in [0.2, 0.25) is 0 Å². The van der Waals surface area contributed by atoms with E-state index in [-0.39, 0.29) is 5.56 Å². The number of carbonyl (C=O) groups is 2. The van der Waals surface area contributed by atoms with Crippen molar-refractivity contribution in [3.8, 4) is 5.75 Å². The first-order valence-electron chi connectivity index (χ1n) is 5.73. The fraction of sp³-hybridized carbons (Fsp3) is 0.385. The van der Waals surface area contributed by atoms with Gasteiger partial charge in [-0.3, -0.25) is 4.79 Å². The van der Waals surface area contributed by atoms with Crippen molar-refractivity contribution in [2.24, 2.45) is 0 Å². The first-order chi connectivity index (χ1) is 8.86. The number of hydrogen-bond acceptors (Lipinski definition) is 4. The fourth-order valence-electron chi connectivity index (χ4n) is 1.57. The summed E-state index contributed by atoms with van der Waals surface area (Å²) in [6, 6.07) is 3.44. The van der Waals surface area contributed by atoms with Crippen molar-refractivity contribution in [1.82, 2.24) is 5.32 Å². The monoisotopic (exact) mass is 267 g/mol. The molecule has 6 nitrogen and oxygen atoms in total. The lowest BCUT2D eigenvalue weighted by molar-refractivity contribution is -0.141. The molecule has 1 aromatic carbocycles. The number of carbonyl (C=O) groups excluding carboxylic acids is 1. The third-order valence-corrected chi connectivity index (χ3v) is 2.71. The SMILES string of the molecule is COc1cc(C(=O)N[C@H](C(=O)O)[C@@H](C)O)ccc1C. The van der Waals surface area contributed by atoms with Gasteiger partial charge < -0.3 is 20.3 Å². The van der Waals surface area contributed by atoms with Crippen LogP contribution in [0.3, 0.4) is 0 Å². The fourth-order valence-corrected chi connectivity index (χ4v) is 1.57. The second kappa shape index (κ2) is 6.19. The zero-order valence-electron chi connectivity index (χ0n) is 11.0. The van der Waals surface area contributed by atoms with Crippen LogP contribution < -0.4 is 10.1 Å². The highest BCUT2D eigenvalue weighted by Crippen LogP contribution is 2.19. The van der Waals surface area contributed by atoms with E-state index in [2.05, 4.69) is 5.32 Å². The molecular weight excluding hydrogens is 250 g/mol. The van der Waals surface area contributed by atoms with E-state index in [1.165, 1.54) is 20.1 Å². The average molecular weight is 267 g/mol. The van der Waals surface area contributed by atoms with Crippen LogP contribution in [-0.4, -0.2) is 41.3 Å². The van der Waals surface area contributed by atoms with Crippen LogP contribution in [0.25, 0.3) is 0 Å². The molecular formula is C13H17NO5. The number of aliphatic hydroxyl groups excluding tert-OH is 1. The van der Waals surface area contributed by atoms with Crippen LogP contribution in [0.2, 0.25) is 0 Å². The average Bonchev–Trinajstić information content (AvgIpc) is 2.35. The van der Waals surface area contributed by atoms with E-state index >= 15 is 0 Å². The highest BCUT2D eigenvalue weighted by Gasteiger charge is 2.25. The van der Waals surface area contributed by atoms with E-state index in [0.717, 1.165) is 5.56 Å². The predicted molar refractivity (Wildman–Crippen MR) is 68.3 cm³/mol. The Balaban J connectivity index is 2.91. The number of aliphatic carboxylic acids is 1. The van der Waals surface area contributed by atoms with Gasteiger partial charge in [-0.1, -0.05) is 6.07 Å². The predicted octanol–water partition coefficient (Wildman–Crippen LogP) is 0.567. The van der Waals surface area contributed by atoms with Gasteiger partial charge in [-0.25, -0.2) is 4.79 Å². The molecule has 1 amide bonds. The Hall–Kier alpha value is -2.08. The molecule has 0 aliphatic heterocycles. The van der Waals surface area contributed by atoms with E-state index in [0.29, 0.717) is 5.75 Å². The van der Waals surface area contributed by atoms with Crippen LogP contribution in [0.1, 0.15) is 22.8 Å². The van der Waals surface area contributed by atoms with Gasteiger partial charge in [0, 0.05) is 5.56 Å². The summed E-state index contributed by atoms with van der Waals surface area (Å²) < 4.78 is 5.09. The normalized spacial score (nSPS) is 13.5. The first kappa shape index (κ1) is 15.0. The van der Waals surface area contributed by atoms with Crippen molar-refractivity contribution in [2.45, 2.75) is 26.0 Å². The number of ether oxygens (including phenoxy) is 1. The molecule has 19 heavy (non-hydrogen) atoms. The molecule has 0 radical (unpaired) electrons. The van der Waals surface area contributed by atoms with Gasteiger partial charge in [0.05, 0.1) is 13.2 Å². The van der Waals surface area contributed by atoms with Crippen LogP contribution in [0.15, 0.2) is 18.2 Å². The Bertz CT molecular complexity index is 484. The van der Waals surface area contributed by atoms with E-state index in [4.69, 9.17) is 9.84 Å². The molecule has 0 aliphatic rings. The maximum Gasteiger partial charge on any atom is 0.328 e. The number of aryl methyl sites for hydroxylation is 1. The maximum absolute atomic E-state index is 11.9. The summed E-state index contributed by atoms with van der Waals surface area (Å²) in [5.74, 6) is -1.33. The topological polar surface area (TPSA) is 95.9 Å². The van der Waals surface area contributed by atoms with E-state index in [9.17, 15) is 14.7 Å². The second-order valence-electron chi connectivity index (χ2n) is 4.21. The zero-order valence-corrected chi connectivity index (χ0v) is 11.0. The van der Waals surface area contributed by atoms with Crippen molar-refractivity contribution in [1.29, 1.82) is 0 Å². The molecule has 6 heteroatoms. The lowest BCUT2D eigenvalue weighted by Gasteiger charge is -2.17. The number of hydrogen-bond donors (Lipinski definition) is 3. The van der Waals surface area contributed by atoms with Crippen molar-refractivity contribution < 1.29 is 24.5 Å². The summed E-state index contributed by atoms with van der Waals surface area (Å²) in [7, 11) is 1.49. The molecule has 0 fully saturated rings. The van der Waals surface area contributed by atoms with Gasteiger partial charge in [-0.05, 0) is 31.5 Å². The number of methoxy groups -OCH3 is 1. The summed E-state index contributed by atoms with van der Waals surface area (Å²) in [4.78, 5) is 22.8. The molecule has 0 saturated heterocycles. The number of rotatable bonds is 5. The van der Waals surface area contributed by atoms with Crippen molar-refractivity contribution >= 4 is 11.9 Å². The van der Waals surface area contributed by atoms with Crippen molar-refractivity contribution in [3.05, 3.63) is 29.3 Å². The number of carboxylic acid groups (broad SMARTS) is 1. The minimum Gasteiger partial charge on any atom is -0.496 e. The quantitative estimate of drug-likeness (QED) is 0.724. The Morgan fingerprint density at radius 1 is 1.37 bits per heavy atom. The summed E-state index contributed by atoms with van der Waals surface area (Å²) >= 11 is 0. The smallest absolute Gasteiger partial charge is 0.328 e. The first-order valence-corrected chi connectivity index (χ1v) is 5.73. The van der Waals surface area contributed by atoms with Gasteiger partial charge in [0.1, 0.15) is 5.75 Å². The van der Waals surface area contributed by atoms with Crippen LogP contribution in [0, 0.1) is 6.92 Å². The van der Waals surface area contributed by atoms with Gasteiger partial charge in [0.15, 0.2) is 6.04 Å². The van der Waals surface area contributed by atoms with Gasteiger partial charge >= 0.3 is 5.97 Å². The molecule has 0 bridgehead atoms. The Labute approximate surface area is 111 Å². The highest BCUT2D eigenvalue weighted by atomic mass is 16.5. The van der Waals surface area contributed by atoms with Crippen LogP contribution in [0.5, 0.6) is 5.75 Å². The minimum absolute atomic E-state index is 0.273. The van der Waals surface area contributed by atoms with Gasteiger partial charge in [-0.15, -0.1) is 0 Å². The number of carboxylic acids is 1. The Morgan fingerprint density at radius 3 is 2.47 bits per heavy atom. The lowest BCUT2D eigenvalue weighted by Crippen LogP contribution is -2.47. The molecule has 3 N–H and O–H groups in total. The van der Waals surface area contributed by atoms with Gasteiger partial charge in [-0.2, -0.15) is 0 Å². The highest BCUT2D eigenvalue weighted by molar-refractivity contribution is 5.97. The zero-order chi connectivity index (χ0) is 14.6. The largest absolute Gasteiger partial charge is 0.496 e. The maximum atomic E-state index is 11.9. The van der Waals surface area contributed by atoms with Crippen molar-refractivity contribution in [2.75, 3.05) is 7.11 Å².